The molecule has 0 amide bonds. The molecular formula is C48H83NaO44P. The minimum Gasteiger partial charge on any atom is -0.394 e. The third-order valence-corrected chi connectivity index (χ3v) is 16.9. The van der Waals surface area contributed by atoms with Crippen LogP contribution in [0.3, 0.4) is 0 Å². The number of hydrogen-bond donors (Lipinski definition) is 27. The maximum Gasteiger partial charge on any atom is 0.466 e. The SMILES string of the molecule is O=P(O)(O)O.OC[C@H]1O[C@@H]2O[C@H]3[C@H](O)[C@@H](O)[C@@H](O[C@H]4[C@H](O)[C@@H](O)[C@@H](O[C@H]5[C@H](O)[C@@H](O)[C@@H](O[C@H]6[C@H](O)[C@@H](O)[C@@H](O[C@H]7[C@H](O)[C@@H](O)[C@@H](O[C@H]8[C@H](O)[C@@H](O)[C@@H](O[C@H]9[C@H](O)[C@@H](O)[C@@H](O[C@H]1[C@H](O)[C@H]2O)O[C@@H]9CO)O[C@@H]8CO)O[C@@H]7CO)O[C@@H]6CO)O[C@@H]5CO)O[C@@H]4CO)O[C@@H]3CO.[Na]. The summed E-state index contributed by atoms with van der Waals surface area (Å²) in [5.41, 5.74) is 0. The van der Waals surface area contributed by atoms with Crippen LogP contribution in [0, 0.1) is 0 Å². The van der Waals surface area contributed by atoms with Gasteiger partial charge >= 0.3 is 7.82 Å². The Labute approximate surface area is 551 Å². The van der Waals surface area contributed by atoms with Gasteiger partial charge in [-0.15, -0.1) is 0 Å². The van der Waals surface area contributed by atoms with Crippen LogP contribution >= 0.6 is 7.82 Å². The van der Waals surface area contributed by atoms with E-state index in [0.717, 1.165) is 0 Å². The predicted octanol–water partition coefficient (Wildman–Crippen LogP) is -18.7. The van der Waals surface area contributed by atoms with Crippen LogP contribution in [0.4, 0.5) is 0 Å². The summed E-state index contributed by atoms with van der Waals surface area (Å²) in [7, 11) is -4.64. The molecule has 0 aromatic rings. The molecule has 30 rings (SSSR count). The van der Waals surface area contributed by atoms with Crippen LogP contribution in [0.15, 0.2) is 0 Å². The third kappa shape index (κ3) is 17.4. The number of rotatable bonds is 8. The van der Waals surface area contributed by atoms with Crippen LogP contribution in [0.25, 0.3) is 0 Å². The van der Waals surface area contributed by atoms with E-state index < -0.39 is 306 Å². The molecule has 27 N–H and O–H groups in total. The Morgan fingerprint density at radius 1 is 0.191 bits per heavy atom. The second kappa shape index (κ2) is 34.7. The summed E-state index contributed by atoms with van der Waals surface area (Å²) in [4.78, 5) is 21.6. The molecule has 30 saturated heterocycles. The van der Waals surface area contributed by atoms with Gasteiger partial charge in [-0.1, -0.05) is 0 Å². The summed E-state index contributed by atoms with van der Waals surface area (Å²) in [5, 5.41) is 265. The molecule has 44 nitrogen and oxygen atoms in total. The number of phosphoric acid groups is 1. The molecule has 1 radical (unpaired) electrons. The molecule has 0 unspecified atom stereocenters. The maximum absolute atomic E-state index is 11.4. The first-order valence-corrected chi connectivity index (χ1v) is 30.5. The molecule has 0 saturated carbocycles. The van der Waals surface area contributed by atoms with Crippen LogP contribution in [0.1, 0.15) is 0 Å². The van der Waals surface area contributed by atoms with E-state index in [1.807, 2.05) is 0 Å². The average molecular weight is 1420 g/mol. The topological polar surface area (TPSA) is 711 Å². The van der Waals surface area contributed by atoms with E-state index in [0.29, 0.717) is 0 Å². The normalized spacial score (nSPS) is 52.5. The molecule has 30 aliphatic heterocycles. The van der Waals surface area contributed by atoms with Gasteiger partial charge in [-0.3, -0.25) is 0 Å². The van der Waals surface area contributed by atoms with Crippen molar-refractivity contribution in [1.29, 1.82) is 0 Å². The largest absolute Gasteiger partial charge is 0.466 e. The summed E-state index contributed by atoms with van der Waals surface area (Å²) in [6.07, 6.45) is -82.0. The van der Waals surface area contributed by atoms with Gasteiger partial charge in [-0.2, -0.15) is 0 Å². The number of ether oxygens (including phenoxy) is 16. The molecule has 16 bridgehead atoms. The van der Waals surface area contributed by atoms with Crippen molar-refractivity contribution in [2.45, 2.75) is 246 Å². The zero-order valence-electron chi connectivity index (χ0n) is 49.2. The summed E-state index contributed by atoms with van der Waals surface area (Å²) in [6, 6.07) is 0. The molecule has 40 atom stereocenters. The van der Waals surface area contributed by atoms with Gasteiger partial charge in [-0.05, 0) is 0 Å². The Hall–Kier alpha value is -0.490. The van der Waals surface area contributed by atoms with Crippen molar-refractivity contribution < 1.29 is 218 Å². The smallest absolute Gasteiger partial charge is 0.394 e. The van der Waals surface area contributed by atoms with Gasteiger partial charge in [0.1, 0.15) is 195 Å². The van der Waals surface area contributed by atoms with E-state index in [9.17, 15) is 123 Å². The molecule has 0 spiro atoms. The molecule has 0 aromatic carbocycles. The second-order valence-corrected chi connectivity index (χ2v) is 24.0. The van der Waals surface area contributed by atoms with E-state index in [1.165, 1.54) is 0 Å². The molecule has 46 heteroatoms. The first-order chi connectivity index (χ1) is 43.9. The summed E-state index contributed by atoms with van der Waals surface area (Å²) >= 11 is 0. The quantitative estimate of drug-likeness (QED) is 0.0793. The van der Waals surface area contributed by atoms with Crippen LogP contribution in [0.5, 0.6) is 0 Å². The molecule has 545 valence electrons. The summed E-state index contributed by atoms with van der Waals surface area (Å²) in [5.74, 6) is 0. The standard InChI is InChI=1S/C48H80O40.Na.H3O4P/c49-1-9-33-17(57)25(65)41(73-9)82-34-10(2-50)75-43(27(67)19(34)59)84-36-12(4-52)77-45(29(69)21(36)61)86-38-14(6-54)79-47(31(71)23(38)63)88-40-16(8-56)80-48(32(72)24(40)64)87-39-15(7-55)78-46(30(70)22(39)62)85-37-13(5-53)76-44(28(68)20(37)60)83-35-11(3-51)74-42(81-33)26(66)18(35)58;;1-5(2,3)4/h9-72H,1-8H2;;(H3,1,2,3,4)/t9-,10-,11-,12-,13-,14-,15-,16-,17-,18-,19-,20-,21-,22-,23-,24-,25-,26-,27-,28-,29-,30-,31-,32-,33-,34-,35-,36-,37-,38-,39-,40-,41-,42-,43-,44-,45-,46-,47-,48-;;/m1../s1. The Kier molecular flexibility index (Phi) is 29.8. The number of aliphatic hydroxyl groups is 24. The van der Waals surface area contributed by atoms with Gasteiger partial charge in [0.25, 0.3) is 0 Å². The minimum atomic E-state index is -4.64. The molecule has 30 heterocycles. The molecule has 30 fully saturated rings. The number of hydrogen-bond acceptors (Lipinski definition) is 41. The van der Waals surface area contributed by atoms with Crippen LogP contribution in [-0.4, -0.2) is 465 Å². The fraction of sp³-hybridized carbons (Fsp3) is 1.00. The number of aliphatic hydroxyl groups excluding tert-OH is 24. The zero-order chi connectivity index (χ0) is 68.6. The minimum absolute atomic E-state index is 0. The molecular weight excluding hydrogens is 1330 g/mol. The average Bonchev–Trinajstić information content (AvgIpc) is 0.782. The molecule has 30 aliphatic rings. The van der Waals surface area contributed by atoms with Crippen molar-refractivity contribution in [2.24, 2.45) is 0 Å². The second-order valence-electron chi connectivity index (χ2n) is 23.0. The van der Waals surface area contributed by atoms with Gasteiger partial charge in [0.15, 0.2) is 50.3 Å². The van der Waals surface area contributed by atoms with Crippen molar-refractivity contribution in [3.05, 3.63) is 0 Å². The maximum atomic E-state index is 11.4. The molecule has 0 aliphatic carbocycles. The summed E-state index contributed by atoms with van der Waals surface area (Å²) in [6.45, 7) is -8.64. The van der Waals surface area contributed by atoms with Crippen LogP contribution in [-0.2, 0) is 80.4 Å². The Morgan fingerprint density at radius 3 is 0.351 bits per heavy atom. The van der Waals surface area contributed by atoms with Crippen molar-refractivity contribution in [3.63, 3.8) is 0 Å². The fourth-order valence-electron chi connectivity index (χ4n) is 11.9. The predicted molar refractivity (Wildman–Crippen MR) is 281 cm³/mol. The molecule has 0 aromatic heterocycles. The van der Waals surface area contributed by atoms with Gasteiger partial charge in [0.05, 0.1) is 52.9 Å². The Balaban J connectivity index is 0.00000201. The fourth-order valence-corrected chi connectivity index (χ4v) is 11.9. The van der Waals surface area contributed by atoms with Gasteiger partial charge in [-0.25, -0.2) is 4.57 Å². The van der Waals surface area contributed by atoms with E-state index >= 15 is 0 Å². The van der Waals surface area contributed by atoms with Crippen molar-refractivity contribution >= 4 is 37.4 Å². The van der Waals surface area contributed by atoms with E-state index in [4.69, 9.17) is 95.0 Å². The van der Waals surface area contributed by atoms with E-state index in [1.54, 1.807) is 0 Å². The zero-order valence-corrected chi connectivity index (χ0v) is 52.1. The molecule has 94 heavy (non-hydrogen) atoms. The van der Waals surface area contributed by atoms with Gasteiger partial charge < -0.3 is 213 Å². The van der Waals surface area contributed by atoms with Gasteiger partial charge in [0, 0.05) is 29.6 Å². The van der Waals surface area contributed by atoms with E-state index in [-0.39, 0.29) is 29.6 Å². The van der Waals surface area contributed by atoms with Crippen LogP contribution < -0.4 is 0 Å². The van der Waals surface area contributed by atoms with E-state index in [2.05, 4.69) is 0 Å². The third-order valence-electron chi connectivity index (χ3n) is 16.9. The van der Waals surface area contributed by atoms with Crippen molar-refractivity contribution in [3.8, 4) is 0 Å². The monoisotopic (exact) mass is 1420 g/mol. The Morgan fingerprint density at radius 2 is 0.277 bits per heavy atom. The van der Waals surface area contributed by atoms with Gasteiger partial charge in [0.2, 0.25) is 0 Å². The Bertz CT molecular complexity index is 1880. The van der Waals surface area contributed by atoms with Crippen molar-refractivity contribution in [1.82, 2.24) is 0 Å². The van der Waals surface area contributed by atoms with Crippen molar-refractivity contribution in [2.75, 3.05) is 52.9 Å². The first-order valence-electron chi connectivity index (χ1n) is 28.9. The first kappa shape index (κ1) is 80.8. The summed E-state index contributed by atoms with van der Waals surface area (Å²) < 4.78 is 99.9. The van der Waals surface area contributed by atoms with Crippen LogP contribution in [0.2, 0.25) is 0 Å².